The summed E-state index contributed by atoms with van der Waals surface area (Å²) in [5.41, 5.74) is 7.43. The molecule has 5 nitrogen and oxygen atoms in total. The third-order valence-corrected chi connectivity index (χ3v) is 3.09. The third kappa shape index (κ3) is 2.67. The minimum atomic E-state index is -0.337. The van der Waals surface area contributed by atoms with Crippen molar-refractivity contribution in [2.24, 2.45) is 5.10 Å². The molecule has 0 aromatic heterocycles. The summed E-state index contributed by atoms with van der Waals surface area (Å²) in [6.45, 7) is 3.78. The second-order valence-corrected chi connectivity index (χ2v) is 4.65. The third-order valence-electron chi connectivity index (χ3n) is 3.09. The Labute approximate surface area is 126 Å². The van der Waals surface area contributed by atoms with Gasteiger partial charge in [0.1, 0.15) is 5.82 Å². The lowest BCUT2D eigenvalue weighted by atomic mass is 10.3. The lowest BCUT2D eigenvalue weighted by Gasteiger charge is -2.14. The molecule has 1 amide bonds. The maximum Gasteiger partial charge on any atom is 0.299 e. The molecule has 3 rings (SSSR count). The number of nitrogens with one attached hydrogen (secondary N) is 2. The molecule has 0 spiro atoms. The monoisotopic (exact) mass is 296 g/mol. The van der Waals surface area contributed by atoms with Gasteiger partial charge in [-0.2, -0.15) is 5.10 Å². The Balaban J connectivity index is 1.79. The minimum Gasteiger partial charge on any atom is -0.289 e. The summed E-state index contributed by atoms with van der Waals surface area (Å²) in [4.78, 5) is 12.4. The highest BCUT2D eigenvalue weighted by Gasteiger charge is 2.32. The lowest BCUT2D eigenvalue weighted by molar-refractivity contribution is -0.112. The van der Waals surface area contributed by atoms with Gasteiger partial charge < -0.3 is 0 Å². The van der Waals surface area contributed by atoms with E-state index in [1.165, 1.54) is 29.3 Å². The van der Waals surface area contributed by atoms with Gasteiger partial charge in [0.2, 0.25) is 0 Å². The minimum absolute atomic E-state index is 0.174. The zero-order valence-corrected chi connectivity index (χ0v) is 11.6. The molecule has 0 bridgehead atoms. The summed E-state index contributed by atoms with van der Waals surface area (Å²) < 4.78 is 12.8. The summed E-state index contributed by atoms with van der Waals surface area (Å²) in [5.74, 6) is -0.651. The molecule has 0 radical (unpaired) electrons. The molecular weight excluding hydrogens is 283 g/mol. The predicted molar refractivity (Wildman–Crippen MR) is 83.7 cm³/mol. The lowest BCUT2D eigenvalue weighted by Crippen LogP contribution is -2.34. The Kier molecular flexibility index (Phi) is 3.57. The standard InChI is InChI=1S/C16H13FN4O/c1-11-15(19-18-13-9-7-12(17)8-10-13)16(22)21(20-11)14-5-3-2-4-6-14/h2-10,18,20H,1H2. The van der Waals surface area contributed by atoms with Crippen LogP contribution in [0.2, 0.25) is 0 Å². The molecular formula is C16H13FN4O. The van der Waals surface area contributed by atoms with E-state index in [4.69, 9.17) is 0 Å². The number of carbonyl (C=O) groups excluding carboxylic acids is 1. The van der Waals surface area contributed by atoms with E-state index in [2.05, 4.69) is 22.5 Å². The van der Waals surface area contributed by atoms with Crippen molar-refractivity contribution in [3.05, 3.63) is 72.7 Å². The predicted octanol–water partition coefficient (Wildman–Crippen LogP) is 2.66. The van der Waals surface area contributed by atoms with Crippen LogP contribution >= 0.6 is 0 Å². The van der Waals surface area contributed by atoms with E-state index in [1.807, 2.05) is 18.2 Å². The second-order valence-electron chi connectivity index (χ2n) is 4.65. The van der Waals surface area contributed by atoms with Crippen molar-refractivity contribution in [1.29, 1.82) is 0 Å². The van der Waals surface area contributed by atoms with Gasteiger partial charge in [-0.1, -0.05) is 24.8 Å². The average Bonchev–Trinajstić information content (AvgIpc) is 2.82. The number of hydrogen-bond donors (Lipinski definition) is 2. The number of anilines is 2. The number of carbonyl (C=O) groups is 1. The first-order valence-corrected chi connectivity index (χ1v) is 6.60. The number of amides is 1. The van der Waals surface area contributed by atoms with Crippen LogP contribution in [0.3, 0.4) is 0 Å². The van der Waals surface area contributed by atoms with Crippen molar-refractivity contribution in [3.8, 4) is 0 Å². The summed E-state index contributed by atoms with van der Waals surface area (Å²) in [5, 5.41) is 5.42. The number of halogens is 1. The van der Waals surface area contributed by atoms with Crippen LogP contribution in [0.4, 0.5) is 15.8 Å². The Morgan fingerprint density at radius 2 is 1.77 bits per heavy atom. The summed E-state index contributed by atoms with van der Waals surface area (Å²) in [6, 6.07) is 14.8. The molecule has 0 unspecified atom stereocenters. The van der Waals surface area contributed by atoms with Crippen molar-refractivity contribution in [1.82, 2.24) is 5.43 Å². The molecule has 2 N–H and O–H groups in total. The number of hydrogen-bond acceptors (Lipinski definition) is 4. The van der Waals surface area contributed by atoms with E-state index in [0.29, 0.717) is 17.1 Å². The zero-order chi connectivity index (χ0) is 15.5. The van der Waals surface area contributed by atoms with E-state index < -0.39 is 0 Å². The van der Waals surface area contributed by atoms with E-state index in [9.17, 15) is 9.18 Å². The van der Waals surface area contributed by atoms with Crippen molar-refractivity contribution in [2.45, 2.75) is 0 Å². The molecule has 22 heavy (non-hydrogen) atoms. The van der Waals surface area contributed by atoms with Crippen molar-refractivity contribution in [2.75, 3.05) is 10.4 Å². The second kappa shape index (κ2) is 5.69. The number of nitrogens with zero attached hydrogens (tertiary/aromatic N) is 2. The van der Waals surface area contributed by atoms with Gasteiger partial charge in [-0.05, 0) is 36.4 Å². The highest BCUT2D eigenvalue weighted by molar-refractivity contribution is 6.51. The fourth-order valence-corrected chi connectivity index (χ4v) is 1.99. The fraction of sp³-hybridized carbons (Fsp3) is 0. The van der Waals surface area contributed by atoms with Gasteiger partial charge in [-0.3, -0.25) is 15.6 Å². The van der Waals surface area contributed by atoms with E-state index in [0.717, 1.165) is 0 Å². The van der Waals surface area contributed by atoms with E-state index >= 15 is 0 Å². The number of benzene rings is 2. The Morgan fingerprint density at radius 1 is 1.09 bits per heavy atom. The average molecular weight is 296 g/mol. The maximum absolute atomic E-state index is 12.8. The van der Waals surface area contributed by atoms with Crippen LogP contribution < -0.4 is 15.9 Å². The number of rotatable bonds is 3. The molecule has 1 saturated heterocycles. The Hall–Kier alpha value is -3.15. The molecule has 2 aromatic carbocycles. The van der Waals surface area contributed by atoms with Gasteiger partial charge in [-0.25, -0.2) is 9.40 Å². The van der Waals surface area contributed by atoms with Crippen LogP contribution in [0.1, 0.15) is 0 Å². The summed E-state index contributed by atoms with van der Waals surface area (Å²) >= 11 is 0. The molecule has 1 aliphatic rings. The molecule has 2 aromatic rings. The first-order valence-electron chi connectivity index (χ1n) is 6.60. The molecule has 0 atom stereocenters. The van der Waals surface area contributed by atoms with Crippen LogP contribution in [0, 0.1) is 5.82 Å². The molecule has 1 fully saturated rings. The largest absolute Gasteiger partial charge is 0.299 e. The van der Waals surface area contributed by atoms with Gasteiger partial charge in [-0.15, -0.1) is 0 Å². The quantitative estimate of drug-likeness (QED) is 0.856. The van der Waals surface area contributed by atoms with Gasteiger partial charge in [0, 0.05) is 0 Å². The summed E-state index contributed by atoms with van der Waals surface area (Å²) in [7, 11) is 0. The van der Waals surface area contributed by atoms with Crippen LogP contribution in [-0.2, 0) is 4.79 Å². The first-order chi connectivity index (χ1) is 10.6. The van der Waals surface area contributed by atoms with Crippen molar-refractivity contribution in [3.63, 3.8) is 0 Å². The highest BCUT2D eigenvalue weighted by Crippen LogP contribution is 2.18. The molecule has 0 aliphatic carbocycles. The topological polar surface area (TPSA) is 56.7 Å². The smallest absolute Gasteiger partial charge is 0.289 e. The first kappa shape index (κ1) is 13.8. The van der Waals surface area contributed by atoms with Crippen molar-refractivity contribution >= 4 is 23.0 Å². The molecule has 1 heterocycles. The van der Waals surface area contributed by atoms with Crippen LogP contribution in [0.25, 0.3) is 0 Å². The van der Waals surface area contributed by atoms with E-state index in [-0.39, 0.29) is 17.4 Å². The SMILES string of the molecule is C=C1NN(c2ccccc2)C(=O)C1=NNc1ccc(F)cc1. The van der Waals surface area contributed by atoms with Crippen LogP contribution in [-0.4, -0.2) is 11.6 Å². The molecule has 0 saturated carbocycles. The van der Waals surface area contributed by atoms with Crippen LogP contribution in [0.5, 0.6) is 0 Å². The number of hydrazone groups is 1. The van der Waals surface area contributed by atoms with Gasteiger partial charge in [0.25, 0.3) is 5.91 Å². The van der Waals surface area contributed by atoms with Gasteiger partial charge in [0.05, 0.1) is 17.1 Å². The normalized spacial score (nSPS) is 16.0. The van der Waals surface area contributed by atoms with Gasteiger partial charge >= 0.3 is 0 Å². The fourth-order valence-electron chi connectivity index (χ4n) is 1.99. The Bertz CT molecular complexity index is 741. The molecule has 1 aliphatic heterocycles. The van der Waals surface area contributed by atoms with Crippen molar-refractivity contribution < 1.29 is 9.18 Å². The van der Waals surface area contributed by atoms with E-state index in [1.54, 1.807) is 12.1 Å². The highest BCUT2D eigenvalue weighted by atomic mass is 19.1. The number of hydrazine groups is 1. The maximum atomic E-state index is 12.8. The Morgan fingerprint density at radius 3 is 2.45 bits per heavy atom. The van der Waals surface area contributed by atoms with Crippen LogP contribution in [0.15, 0.2) is 72.0 Å². The molecule has 6 heteroatoms. The molecule has 110 valence electrons. The zero-order valence-electron chi connectivity index (χ0n) is 11.6. The number of para-hydroxylation sites is 1. The van der Waals surface area contributed by atoms with Gasteiger partial charge in [0.15, 0.2) is 5.71 Å². The summed E-state index contributed by atoms with van der Waals surface area (Å²) in [6.07, 6.45) is 0.